The fourth-order valence-corrected chi connectivity index (χ4v) is 3.12. The molecule has 0 saturated carbocycles. The summed E-state index contributed by atoms with van der Waals surface area (Å²) in [6.07, 6.45) is 0. The predicted octanol–water partition coefficient (Wildman–Crippen LogP) is 3.68. The normalized spacial score (nSPS) is 14.6. The summed E-state index contributed by atoms with van der Waals surface area (Å²) >= 11 is 6.12. The molecule has 0 spiro atoms. The average molecular weight is 344 g/mol. The number of anilines is 1. The van der Waals surface area contributed by atoms with Gasteiger partial charge in [0.05, 0.1) is 0 Å². The quantitative estimate of drug-likeness (QED) is 0.922. The van der Waals surface area contributed by atoms with Gasteiger partial charge in [0.2, 0.25) is 0 Å². The number of aryl methyl sites for hydroxylation is 1. The third-order valence-electron chi connectivity index (χ3n) is 4.32. The van der Waals surface area contributed by atoms with Gasteiger partial charge >= 0.3 is 6.03 Å². The molecule has 5 heteroatoms. The summed E-state index contributed by atoms with van der Waals surface area (Å²) in [5.41, 5.74) is 3.42. The van der Waals surface area contributed by atoms with E-state index in [1.165, 1.54) is 11.3 Å². The Hall–Kier alpha value is -2.20. The van der Waals surface area contributed by atoms with E-state index in [0.29, 0.717) is 11.6 Å². The molecule has 0 bridgehead atoms. The Labute approximate surface area is 148 Å². The SMILES string of the molecule is Cc1cccc(N2CCN(C(=O)NCc3ccccc3Cl)CC2)c1. The molecule has 1 N–H and O–H groups in total. The van der Waals surface area contributed by atoms with Crippen molar-refractivity contribution in [3.05, 3.63) is 64.7 Å². The molecule has 1 aliphatic heterocycles. The number of nitrogens with zero attached hydrogens (tertiary/aromatic N) is 2. The molecule has 1 aliphatic rings. The number of carbonyl (C=O) groups is 1. The van der Waals surface area contributed by atoms with E-state index in [4.69, 9.17) is 11.6 Å². The molecule has 3 rings (SSSR count). The molecule has 0 aromatic heterocycles. The zero-order valence-corrected chi connectivity index (χ0v) is 14.6. The van der Waals surface area contributed by atoms with Gasteiger partial charge in [-0.2, -0.15) is 0 Å². The largest absolute Gasteiger partial charge is 0.368 e. The van der Waals surface area contributed by atoms with Gasteiger partial charge in [-0.05, 0) is 36.2 Å². The summed E-state index contributed by atoms with van der Waals surface area (Å²) in [5.74, 6) is 0. The molecule has 2 aromatic rings. The van der Waals surface area contributed by atoms with E-state index in [1.807, 2.05) is 29.2 Å². The van der Waals surface area contributed by atoms with Crippen molar-refractivity contribution in [2.45, 2.75) is 13.5 Å². The standard InChI is InChI=1S/C19H22ClN3O/c1-15-5-4-7-17(13-15)22-9-11-23(12-10-22)19(24)21-14-16-6-2-3-8-18(16)20/h2-8,13H,9-12,14H2,1H3,(H,21,24). The Balaban J connectivity index is 1.51. The van der Waals surface area contributed by atoms with Crippen molar-refractivity contribution in [3.8, 4) is 0 Å². The van der Waals surface area contributed by atoms with Gasteiger partial charge in [-0.15, -0.1) is 0 Å². The Morgan fingerprint density at radius 1 is 1.08 bits per heavy atom. The summed E-state index contributed by atoms with van der Waals surface area (Å²) in [5, 5.41) is 3.64. The number of carbonyl (C=O) groups excluding carboxylic acids is 1. The van der Waals surface area contributed by atoms with Gasteiger partial charge in [0.25, 0.3) is 0 Å². The highest BCUT2D eigenvalue weighted by Crippen LogP contribution is 2.18. The first-order chi connectivity index (χ1) is 11.6. The molecular weight excluding hydrogens is 322 g/mol. The van der Waals surface area contributed by atoms with Gasteiger partial charge in [-0.25, -0.2) is 4.79 Å². The first-order valence-electron chi connectivity index (χ1n) is 8.21. The Bertz CT molecular complexity index is 711. The Kier molecular flexibility index (Phi) is 5.26. The second-order valence-electron chi connectivity index (χ2n) is 6.06. The highest BCUT2D eigenvalue weighted by molar-refractivity contribution is 6.31. The van der Waals surface area contributed by atoms with Crippen LogP contribution in [-0.2, 0) is 6.54 Å². The van der Waals surface area contributed by atoms with Gasteiger partial charge in [0.15, 0.2) is 0 Å². The van der Waals surface area contributed by atoms with Crippen molar-refractivity contribution >= 4 is 23.3 Å². The van der Waals surface area contributed by atoms with Crippen LogP contribution in [0.3, 0.4) is 0 Å². The van der Waals surface area contributed by atoms with Crippen LogP contribution < -0.4 is 10.2 Å². The summed E-state index contributed by atoms with van der Waals surface area (Å²) in [6.45, 7) is 5.70. The zero-order valence-electron chi connectivity index (χ0n) is 13.8. The van der Waals surface area contributed by atoms with Crippen LogP contribution in [0.2, 0.25) is 5.02 Å². The monoisotopic (exact) mass is 343 g/mol. The first-order valence-corrected chi connectivity index (χ1v) is 8.59. The van der Waals surface area contributed by atoms with E-state index in [2.05, 4.69) is 41.4 Å². The molecule has 24 heavy (non-hydrogen) atoms. The number of hydrogen-bond acceptors (Lipinski definition) is 2. The third-order valence-corrected chi connectivity index (χ3v) is 4.69. The predicted molar refractivity (Wildman–Crippen MR) is 98.7 cm³/mol. The lowest BCUT2D eigenvalue weighted by Gasteiger charge is -2.36. The molecule has 0 radical (unpaired) electrons. The minimum absolute atomic E-state index is 0.0289. The number of hydrogen-bond donors (Lipinski definition) is 1. The van der Waals surface area contributed by atoms with Gasteiger partial charge in [-0.3, -0.25) is 0 Å². The van der Waals surface area contributed by atoms with Gasteiger partial charge < -0.3 is 15.1 Å². The maximum Gasteiger partial charge on any atom is 0.317 e. The van der Waals surface area contributed by atoms with E-state index in [1.54, 1.807) is 0 Å². The zero-order chi connectivity index (χ0) is 16.9. The molecule has 1 fully saturated rings. The summed E-state index contributed by atoms with van der Waals surface area (Å²) in [4.78, 5) is 16.5. The molecular formula is C19H22ClN3O. The van der Waals surface area contributed by atoms with Crippen LogP contribution >= 0.6 is 11.6 Å². The minimum atomic E-state index is -0.0289. The van der Waals surface area contributed by atoms with E-state index < -0.39 is 0 Å². The molecule has 1 heterocycles. The van der Waals surface area contributed by atoms with E-state index in [0.717, 1.165) is 31.7 Å². The molecule has 126 valence electrons. The topological polar surface area (TPSA) is 35.6 Å². The number of nitrogens with one attached hydrogen (secondary N) is 1. The Morgan fingerprint density at radius 3 is 2.54 bits per heavy atom. The smallest absolute Gasteiger partial charge is 0.317 e. The second-order valence-corrected chi connectivity index (χ2v) is 6.47. The molecule has 2 aromatic carbocycles. The molecule has 0 atom stereocenters. The van der Waals surface area contributed by atoms with Crippen LogP contribution in [-0.4, -0.2) is 37.1 Å². The number of urea groups is 1. The molecule has 4 nitrogen and oxygen atoms in total. The van der Waals surface area contributed by atoms with Crippen LogP contribution in [0, 0.1) is 6.92 Å². The van der Waals surface area contributed by atoms with Crippen molar-refractivity contribution in [1.29, 1.82) is 0 Å². The van der Waals surface area contributed by atoms with Gasteiger partial charge in [-0.1, -0.05) is 41.9 Å². The molecule has 0 unspecified atom stereocenters. The van der Waals surface area contributed by atoms with Crippen LogP contribution in [0.4, 0.5) is 10.5 Å². The fraction of sp³-hybridized carbons (Fsp3) is 0.316. The molecule has 0 aliphatic carbocycles. The van der Waals surface area contributed by atoms with Crippen molar-refractivity contribution < 1.29 is 4.79 Å². The van der Waals surface area contributed by atoms with E-state index >= 15 is 0 Å². The summed E-state index contributed by atoms with van der Waals surface area (Å²) < 4.78 is 0. The van der Waals surface area contributed by atoms with Crippen LogP contribution in [0.5, 0.6) is 0 Å². The molecule has 2 amide bonds. The second kappa shape index (κ2) is 7.58. The fourth-order valence-electron chi connectivity index (χ4n) is 2.92. The van der Waals surface area contributed by atoms with Crippen LogP contribution in [0.15, 0.2) is 48.5 Å². The van der Waals surface area contributed by atoms with Crippen LogP contribution in [0.25, 0.3) is 0 Å². The lowest BCUT2D eigenvalue weighted by atomic mass is 10.2. The first kappa shape index (κ1) is 16.7. The number of halogens is 1. The maximum atomic E-state index is 12.3. The van der Waals surface area contributed by atoms with Crippen molar-refractivity contribution in [3.63, 3.8) is 0 Å². The van der Waals surface area contributed by atoms with Gasteiger partial charge in [0, 0.05) is 43.4 Å². The summed E-state index contributed by atoms with van der Waals surface area (Å²) in [7, 11) is 0. The van der Waals surface area contributed by atoms with E-state index in [-0.39, 0.29) is 6.03 Å². The Morgan fingerprint density at radius 2 is 1.83 bits per heavy atom. The van der Waals surface area contributed by atoms with Gasteiger partial charge in [0.1, 0.15) is 0 Å². The lowest BCUT2D eigenvalue weighted by molar-refractivity contribution is 0.194. The highest BCUT2D eigenvalue weighted by Gasteiger charge is 2.21. The lowest BCUT2D eigenvalue weighted by Crippen LogP contribution is -2.51. The number of amides is 2. The van der Waals surface area contributed by atoms with Crippen LogP contribution in [0.1, 0.15) is 11.1 Å². The van der Waals surface area contributed by atoms with E-state index in [9.17, 15) is 4.79 Å². The third kappa shape index (κ3) is 4.01. The average Bonchev–Trinajstić information content (AvgIpc) is 2.61. The number of rotatable bonds is 3. The van der Waals surface area contributed by atoms with Crippen molar-refractivity contribution in [2.24, 2.45) is 0 Å². The molecule has 1 saturated heterocycles. The maximum absolute atomic E-state index is 12.3. The number of benzene rings is 2. The summed E-state index contributed by atoms with van der Waals surface area (Å²) in [6, 6.07) is 16.0. The highest BCUT2D eigenvalue weighted by atomic mass is 35.5. The van der Waals surface area contributed by atoms with Crippen molar-refractivity contribution in [1.82, 2.24) is 10.2 Å². The number of piperazine rings is 1. The van der Waals surface area contributed by atoms with Crippen molar-refractivity contribution in [2.75, 3.05) is 31.1 Å². The minimum Gasteiger partial charge on any atom is -0.368 e.